The second-order valence-electron chi connectivity index (χ2n) is 8.48. The molecule has 23 heavy (non-hydrogen) atoms. The lowest BCUT2D eigenvalue weighted by Crippen LogP contribution is -2.36. The van der Waals surface area contributed by atoms with Gasteiger partial charge in [0.05, 0.1) is 0 Å². The Labute approximate surface area is 150 Å². The van der Waals surface area contributed by atoms with Crippen LogP contribution in [0.15, 0.2) is 10.6 Å². The van der Waals surface area contributed by atoms with Crippen molar-refractivity contribution < 1.29 is 9.90 Å². The Morgan fingerprint density at radius 2 is 2.22 bits per heavy atom. The molecule has 5 atom stereocenters. The van der Waals surface area contributed by atoms with Gasteiger partial charge in [-0.1, -0.05) is 41.8 Å². The van der Waals surface area contributed by atoms with E-state index in [2.05, 4.69) is 34.8 Å². The lowest BCUT2D eigenvalue weighted by atomic mass is 9.61. The number of halogens is 1. The van der Waals surface area contributed by atoms with Gasteiger partial charge in [0.25, 0.3) is 0 Å². The summed E-state index contributed by atoms with van der Waals surface area (Å²) in [4.78, 5) is 13.6. The highest BCUT2D eigenvalue weighted by molar-refractivity contribution is 9.11. The SMILES string of the molecule is CC(=O)[C@](C)(O)CCC[C@@H](C)[C@H]1CCC2/C(=C/Br)CCC[C@@]21C. The second kappa shape index (κ2) is 7.39. The third-order valence-corrected chi connectivity index (χ3v) is 7.53. The van der Waals surface area contributed by atoms with Gasteiger partial charge in [-0.25, -0.2) is 0 Å². The summed E-state index contributed by atoms with van der Waals surface area (Å²) in [6, 6.07) is 0. The van der Waals surface area contributed by atoms with Crippen LogP contribution in [0, 0.1) is 23.2 Å². The van der Waals surface area contributed by atoms with E-state index >= 15 is 0 Å². The van der Waals surface area contributed by atoms with Gasteiger partial charge in [0, 0.05) is 0 Å². The van der Waals surface area contributed by atoms with Crippen molar-refractivity contribution in [3.05, 3.63) is 10.6 Å². The van der Waals surface area contributed by atoms with Gasteiger partial charge in [0.15, 0.2) is 5.78 Å². The molecule has 1 N–H and O–H groups in total. The van der Waals surface area contributed by atoms with Crippen LogP contribution in [0.3, 0.4) is 0 Å². The molecule has 0 radical (unpaired) electrons. The summed E-state index contributed by atoms with van der Waals surface area (Å²) in [5.74, 6) is 2.08. The summed E-state index contributed by atoms with van der Waals surface area (Å²) in [7, 11) is 0. The van der Waals surface area contributed by atoms with Crippen LogP contribution in [0.25, 0.3) is 0 Å². The molecular weight excluding hydrogens is 352 g/mol. The first-order chi connectivity index (χ1) is 10.7. The molecule has 2 aliphatic rings. The Bertz CT molecular complexity index is 468. The van der Waals surface area contributed by atoms with E-state index in [4.69, 9.17) is 0 Å². The predicted octanol–water partition coefficient (Wildman–Crippen LogP) is 5.63. The molecule has 0 amide bonds. The number of carbonyl (C=O) groups excluding carboxylic acids is 1. The number of carbonyl (C=O) groups is 1. The summed E-state index contributed by atoms with van der Waals surface area (Å²) in [6.07, 6.45) is 9.22. The van der Waals surface area contributed by atoms with Crippen LogP contribution in [0.5, 0.6) is 0 Å². The summed E-state index contributed by atoms with van der Waals surface area (Å²) in [6.45, 7) is 8.03. The van der Waals surface area contributed by atoms with Gasteiger partial charge in [0.2, 0.25) is 0 Å². The zero-order chi connectivity index (χ0) is 17.3. The van der Waals surface area contributed by atoms with Crippen LogP contribution in [0.4, 0.5) is 0 Å². The van der Waals surface area contributed by atoms with E-state index in [9.17, 15) is 9.90 Å². The molecular formula is C20H33BrO2. The number of ketones is 1. The van der Waals surface area contributed by atoms with Crippen molar-refractivity contribution in [2.24, 2.45) is 23.2 Å². The average Bonchev–Trinajstić information content (AvgIpc) is 2.83. The van der Waals surface area contributed by atoms with Crippen LogP contribution in [-0.2, 0) is 4.79 Å². The summed E-state index contributed by atoms with van der Waals surface area (Å²) in [5.41, 5.74) is 0.923. The molecule has 0 aromatic heterocycles. The minimum Gasteiger partial charge on any atom is -0.382 e. The van der Waals surface area contributed by atoms with Crippen molar-refractivity contribution in [1.29, 1.82) is 0 Å². The molecule has 0 aliphatic heterocycles. The maximum atomic E-state index is 11.4. The molecule has 3 heteroatoms. The fourth-order valence-corrected chi connectivity index (χ4v) is 5.84. The lowest BCUT2D eigenvalue weighted by molar-refractivity contribution is -0.134. The number of Topliss-reactive ketones (excluding diaryl/α,β-unsaturated/α-hetero) is 1. The number of hydrogen-bond donors (Lipinski definition) is 1. The lowest BCUT2D eigenvalue weighted by Gasteiger charge is -2.44. The number of fused-ring (bicyclic) bond motifs is 1. The third kappa shape index (κ3) is 3.92. The Balaban J connectivity index is 1.95. The minimum atomic E-state index is -1.14. The first kappa shape index (κ1) is 19.2. The van der Waals surface area contributed by atoms with Gasteiger partial charge in [0.1, 0.15) is 5.60 Å². The summed E-state index contributed by atoms with van der Waals surface area (Å²) < 4.78 is 0. The Morgan fingerprint density at radius 3 is 2.83 bits per heavy atom. The predicted molar refractivity (Wildman–Crippen MR) is 99.5 cm³/mol. The maximum absolute atomic E-state index is 11.4. The maximum Gasteiger partial charge on any atom is 0.160 e. The molecule has 2 rings (SSSR count). The molecule has 2 fully saturated rings. The zero-order valence-corrected chi connectivity index (χ0v) is 16.8. The van der Waals surface area contributed by atoms with Crippen LogP contribution >= 0.6 is 15.9 Å². The van der Waals surface area contributed by atoms with Crippen LogP contribution in [0.1, 0.15) is 79.1 Å². The first-order valence-electron chi connectivity index (χ1n) is 9.25. The van der Waals surface area contributed by atoms with E-state index in [0.717, 1.165) is 24.7 Å². The van der Waals surface area contributed by atoms with E-state index < -0.39 is 5.60 Å². The third-order valence-electron chi connectivity index (χ3n) is 6.95. The van der Waals surface area contributed by atoms with E-state index in [1.807, 2.05) is 0 Å². The van der Waals surface area contributed by atoms with Gasteiger partial charge >= 0.3 is 0 Å². The highest BCUT2D eigenvalue weighted by Gasteiger charge is 2.50. The van der Waals surface area contributed by atoms with Crippen molar-refractivity contribution in [2.45, 2.75) is 84.7 Å². The molecule has 132 valence electrons. The molecule has 0 bridgehead atoms. The van der Waals surface area contributed by atoms with Crippen molar-refractivity contribution >= 4 is 21.7 Å². The highest BCUT2D eigenvalue weighted by Crippen LogP contribution is 2.60. The number of allylic oxidation sites excluding steroid dienone is 1. The summed E-state index contributed by atoms with van der Waals surface area (Å²) in [5, 5.41) is 10.1. The number of rotatable bonds is 6. The second-order valence-corrected chi connectivity index (χ2v) is 8.94. The smallest absolute Gasteiger partial charge is 0.160 e. The molecule has 2 nitrogen and oxygen atoms in total. The van der Waals surface area contributed by atoms with Gasteiger partial charge < -0.3 is 5.11 Å². The largest absolute Gasteiger partial charge is 0.382 e. The quantitative estimate of drug-likeness (QED) is 0.644. The minimum absolute atomic E-state index is 0.113. The van der Waals surface area contributed by atoms with E-state index in [1.165, 1.54) is 39.0 Å². The van der Waals surface area contributed by atoms with E-state index in [0.29, 0.717) is 17.8 Å². The van der Waals surface area contributed by atoms with Gasteiger partial charge in [-0.05, 0) is 86.9 Å². The standard InChI is InChI=1S/C20H33BrO2/c1-14(7-5-12-20(4,23)15(2)22)17-9-10-18-16(13-21)8-6-11-19(17,18)3/h13-14,17-18,23H,5-12H2,1-4H3/b16-13+/t14-,17-,18?,19-,20-/m1/s1. The molecule has 1 unspecified atom stereocenters. The first-order valence-corrected chi connectivity index (χ1v) is 10.2. The van der Waals surface area contributed by atoms with Crippen LogP contribution in [0.2, 0.25) is 0 Å². The molecule has 0 spiro atoms. The summed E-state index contributed by atoms with van der Waals surface area (Å²) >= 11 is 3.58. The molecule has 0 heterocycles. The molecule has 2 saturated carbocycles. The Morgan fingerprint density at radius 1 is 1.52 bits per heavy atom. The van der Waals surface area contributed by atoms with Crippen LogP contribution < -0.4 is 0 Å². The molecule has 0 aromatic carbocycles. The number of aliphatic hydroxyl groups is 1. The van der Waals surface area contributed by atoms with Gasteiger partial charge in [-0.2, -0.15) is 0 Å². The van der Waals surface area contributed by atoms with Crippen molar-refractivity contribution in [1.82, 2.24) is 0 Å². The van der Waals surface area contributed by atoms with Gasteiger partial charge in [-0.15, -0.1) is 0 Å². The molecule has 0 aromatic rings. The van der Waals surface area contributed by atoms with E-state index in [1.54, 1.807) is 12.5 Å². The zero-order valence-electron chi connectivity index (χ0n) is 15.2. The molecule has 2 aliphatic carbocycles. The van der Waals surface area contributed by atoms with Crippen LogP contribution in [-0.4, -0.2) is 16.5 Å². The molecule has 0 saturated heterocycles. The normalized spacial score (nSPS) is 36.5. The monoisotopic (exact) mass is 384 g/mol. The highest BCUT2D eigenvalue weighted by atomic mass is 79.9. The Kier molecular flexibility index (Phi) is 6.16. The Hall–Kier alpha value is -0.150. The fourth-order valence-electron chi connectivity index (χ4n) is 5.29. The van der Waals surface area contributed by atoms with Crippen molar-refractivity contribution in [2.75, 3.05) is 0 Å². The van der Waals surface area contributed by atoms with Crippen molar-refractivity contribution in [3.8, 4) is 0 Å². The average molecular weight is 385 g/mol. The topological polar surface area (TPSA) is 37.3 Å². The van der Waals surface area contributed by atoms with Crippen molar-refractivity contribution in [3.63, 3.8) is 0 Å². The fraction of sp³-hybridized carbons (Fsp3) is 0.850. The van der Waals surface area contributed by atoms with Gasteiger partial charge in [-0.3, -0.25) is 4.79 Å². The van der Waals surface area contributed by atoms with E-state index in [-0.39, 0.29) is 5.78 Å². The number of hydrogen-bond acceptors (Lipinski definition) is 2.